The summed E-state index contributed by atoms with van der Waals surface area (Å²) >= 11 is 0. The maximum Gasteiger partial charge on any atom is 0.322 e. The first-order valence-corrected chi connectivity index (χ1v) is 10.5. The number of carbonyl (C=O) groups excluding carboxylic acids is 3. The second-order valence-corrected chi connectivity index (χ2v) is 7.35. The summed E-state index contributed by atoms with van der Waals surface area (Å²) in [5.41, 5.74) is 4.69. The van der Waals surface area contributed by atoms with Crippen LogP contribution in [0.5, 0.6) is 0 Å². The molecule has 0 saturated carbocycles. The lowest BCUT2D eigenvalue weighted by molar-refractivity contribution is -0.124. The Labute approximate surface area is 192 Å². The van der Waals surface area contributed by atoms with Gasteiger partial charge in [-0.05, 0) is 47.7 Å². The fourth-order valence-electron chi connectivity index (χ4n) is 3.29. The van der Waals surface area contributed by atoms with E-state index in [2.05, 4.69) is 10.6 Å². The molecule has 3 rings (SSSR count). The van der Waals surface area contributed by atoms with Gasteiger partial charge in [0.2, 0.25) is 0 Å². The van der Waals surface area contributed by atoms with Crippen LogP contribution in [0.4, 0.5) is 4.79 Å². The third-order valence-corrected chi connectivity index (χ3v) is 5.01. The number of urea groups is 1. The number of amides is 4. The Morgan fingerprint density at radius 3 is 2.12 bits per heavy atom. The number of imide groups is 1. The van der Waals surface area contributed by atoms with Crippen LogP contribution >= 0.6 is 0 Å². The van der Waals surface area contributed by atoms with Gasteiger partial charge in [-0.3, -0.25) is 20.1 Å². The van der Waals surface area contributed by atoms with Crippen molar-refractivity contribution in [1.82, 2.24) is 16.1 Å². The van der Waals surface area contributed by atoms with E-state index in [0.717, 1.165) is 23.1 Å². The van der Waals surface area contributed by atoms with E-state index in [4.69, 9.17) is 5.21 Å². The lowest BCUT2D eigenvalue weighted by Crippen LogP contribution is -2.41. The zero-order valence-electron chi connectivity index (χ0n) is 17.9. The first kappa shape index (κ1) is 23.4. The van der Waals surface area contributed by atoms with Gasteiger partial charge in [0.25, 0.3) is 11.8 Å². The second kappa shape index (κ2) is 12.0. The SMILES string of the molecule is O=C(C=Cc1ccc(C(CCc2ccccc2)NC(=O)NC(=O)c2ccccc2)cc1)NO. The summed E-state index contributed by atoms with van der Waals surface area (Å²) < 4.78 is 0. The number of nitrogens with one attached hydrogen (secondary N) is 3. The van der Waals surface area contributed by atoms with Crippen LogP contribution in [0.25, 0.3) is 6.08 Å². The first-order valence-electron chi connectivity index (χ1n) is 10.5. The smallest absolute Gasteiger partial charge is 0.322 e. The van der Waals surface area contributed by atoms with Crippen LogP contribution in [0.2, 0.25) is 0 Å². The quantitative estimate of drug-likeness (QED) is 0.240. The van der Waals surface area contributed by atoms with E-state index >= 15 is 0 Å². The number of carbonyl (C=O) groups is 3. The van der Waals surface area contributed by atoms with Crippen molar-refractivity contribution in [2.45, 2.75) is 18.9 Å². The van der Waals surface area contributed by atoms with E-state index in [0.29, 0.717) is 12.0 Å². The summed E-state index contributed by atoms with van der Waals surface area (Å²) in [6.07, 6.45) is 4.13. The van der Waals surface area contributed by atoms with Crippen LogP contribution in [0.3, 0.4) is 0 Å². The highest BCUT2D eigenvalue weighted by atomic mass is 16.5. The molecule has 7 heteroatoms. The molecule has 0 fully saturated rings. The van der Waals surface area contributed by atoms with Crippen molar-refractivity contribution in [1.29, 1.82) is 0 Å². The minimum absolute atomic E-state index is 0.340. The zero-order valence-corrected chi connectivity index (χ0v) is 17.9. The Morgan fingerprint density at radius 1 is 0.848 bits per heavy atom. The molecule has 0 aliphatic heterocycles. The van der Waals surface area contributed by atoms with E-state index in [1.165, 1.54) is 11.6 Å². The molecular formula is C26H25N3O4. The van der Waals surface area contributed by atoms with E-state index in [1.54, 1.807) is 48.5 Å². The number of rotatable bonds is 8. The Kier molecular flexibility index (Phi) is 8.50. The van der Waals surface area contributed by atoms with E-state index in [-0.39, 0.29) is 6.04 Å². The molecule has 7 nitrogen and oxygen atoms in total. The predicted molar refractivity (Wildman–Crippen MR) is 125 cm³/mol. The van der Waals surface area contributed by atoms with E-state index < -0.39 is 17.8 Å². The van der Waals surface area contributed by atoms with Crippen molar-refractivity contribution in [3.63, 3.8) is 0 Å². The third kappa shape index (κ3) is 7.45. The first-order chi connectivity index (χ1) is 16.0. The number of hydrogen-bond donors (Lipinski definition) is 4. The van der Waals surface area contributed by atoms with Crippen LogP contribution in [-0.4, -0.2) is 23.1 Å². The molecule has 1 atom stereocenters. The fourth-order valence-corrected chi connectivity index (χ4v) is 3.29. The van der Waals surface area contributed by atoms with Crippen LogP contribution in [-0.2, 0) is 11.2 Å². The third-order valence-electron chi connectivity index (χ3n) is 5.01. The molecule has 0 aliphatic rings. The molecule has 0 aliphatic carbocycles. The predicted octanol–water partition coefficient (Wildman–Crippen LogP) is 4.02. The highest BCUT2D eigenvalue weighted by Crippen LogP contribution is 2.20. The van der Waals surface area contributed by atoms with Crippen LogP contribution < -0.4 is 16.1 Å². The highest BCUT2D eigenvalue weighted by molar-refractivity contribution is 6.04. The van der Waals surface area contributed by atoms with Crippen molar-refractivity contribution < 1.29 is 19.6 Å². The van der Waals surface area contributed by atoms with Gasteiger partial charge in [0.05, 0.1) is 6.04 Å². The summed E-state index contributed by atoms with van der Waals surface area (Å²) in [5.74, 6) is -1.10. The van der Waals surface area contributed by atoms with E-state index in [9.17, 15) is 14.4 Å². The Balaban J connectivity index is 1.71. The van der Waals surface area contributed by atoms with Crippen molar-refractivity contribution in [2.24, 2.45) is 0 Å². The van der Waals surface area contributed by atoms with Gasteiger partial charge in [-0.15, -0.1) is 0 Å². The normalized spacial score (nSPS) is 11.5. The van der Waals surface area contributed by atoms with Crippen molar-refractivity contribution in [2.75, 3.05) is 0 Å². The fraction of sp³-hybridized carbons (Fsp3) is 0.115. The van der Waals surface area contributed by atoms with Crippen LogP contribution in [0, 0.1) is 0 Å². The molecule has 0 bridgehead atoms. The minimum Gasteiger partial charge on any atom is -0.331 e. The lowest BCUT2D eigenvalue weighted by Gasteiger charge is -2.20. The second-order valence-electron chi connectivity index (χ2n) is 7.35. The van der Waals surface area contributed by atoms with Gasteiger partial charge in [-0.2, -0.15) is 0 Å². The number of hydroxylamine groups is 1. The van der Waals surface area contributed by atoms with Gasteiger partial charge < -0.3 is 5.32 Å². The largest absolute Gasteiger partial charge is 0.331 e. The maximum absolute atomic E-state index is 12.6. The Morgan fingerprint density at radius 2 is 1.48 bits per heavy atom. The van der Waals surface area contributed by atoms with Gasteiger partial charge in [-0.1, -0.05) is 72.8 Å². The van der Waals surface area contributed by atoms with Crippen LogP contribution in [0.1, 0.15) is 39.5 Å². The van der Waals surface area contributed by atoms with Gasteiger partial charge >= 0.3 is 6.03 Å². The standard InChI is InChI=1S/C26H25N3O4/c30-24(29-33)18-14-20-11-15-21(16-12-20)23(17-13-19-7-3-1-4-8-19)27-26(32)28-25(31)22-9-5-2-6-10-22/h1-12,14-16,18,23,33H,13,17H2,(H,29,30)(H2,27,28,31,32). The summed E-state index contributed by atoms with van der Waals surface area (Å²) in [4.78, 5) is 36.1. The molecule has 0 radical (unpaired) electrons. The lowest BCUT2D eigenvalue weighted by atomic mass is 9.98. The topological polar surface area (TPSA) is 108 Å². The van der Waals surface area contributed by atoms with E-state index in [1.807, 2.05) is 42.5 Å². The molecule has 4 N–H and O–H groups in total. The molecule has 1 unspecified atom stereocenters. The van der Waals surface area contributed by atoms with Crippen LogP contribution in [0.15, 0.2) is 91.0 Å². The van der Waals surface area contributed by atoms with Gasteiger partial charge in [-0.25, -0.2) is 10.3 Å². The molecule has 4 amide bonds. The number of aryl methyl sites for hydroxylation is 1. The summed E-state index contributed by atoms with van der Waals surface area (Å²) in [7, 11) is 0. The molecule has 168 valence electrons. The molecule has 0 spiro atoms. The number of hydrogen-bond acceptors (Lipinski definition) is 4. The Bertz CT molecular complexity index is 1100. The molecule has 3 aromatic rings. The molecule has 0 heterocycles. The minimum atomic E-state index is -0.624. The van der Waals surface area contributed by atoms with Crippen molar-refractivity contribution in [3.8, 4) is 0 Å². The van der Waals surface area contributed by atoms with Gasteiger partial charge in [0.1, 0.15) is 0 Å². The maximum atomic E-state index is 12.6. The summed E-state index contributed by atoms with van der Waals surface area (Å²) in [5, 5.41) is 13.9. The average molecular weight is 444 g/mol. The van der Waals surface area contributed by atoms with Crippen molar-refractivity contribution >= 4 is 23.9 Å². The average Bonchev–Trinajstić information content (AvgIpc) is 2.86. The Hall–Kier alpha value is -4.23. The zero-order chi connectivity index (χ0) is 23.5. The molecule has 0 saturated heterocycles. The highest BCUT2D eigenvalue weighted by Gasteiger charge is 2.17. The van der Waals surface area contributed by atoms with Crippen molar-refractivity contribution in [3.05, 3.63) is 113 Å². The monoisotopic (exact) mass is 443 g/mol. The molecule has 33 heavy (non-hydrogen) atoms. The number of benzene rings is 3. The summed E-state index contributed by atoms with van der Waals surface area (Å²) in [6.45, 7) is 0. The summed E-state index contributed by atoms with van der Waals surface area (Å²) in [6, 6.07) is 24.9. The molecule has 3 aromatic carbocycles. The van der Waals surface area contributed by atoms with Gasteiger partial charge in [0, 0.05) is 11.6 Å². The molecular weight excluding hydrogens is 418 g/mol. The van der Waals surface area contributed by atoms with Gasteiger partial charge in [0.15, 0.2) is 0 Å². The molecule has 0 aromatic heterocycles.